The molecule has 0 amide bonds. The summed E-state index contributed by atoms with van der Waals surface area (Å²) in [4.78, 5) is 0. The van der Waals surface area contributed by atoms with Gasteiger partial charge in [-0.15, -0.1) is 11.4 Å². The third-order valence-corrected chi connectivity index (χ3v) is 5.60. The van der Waals surface area contributed by atoms with Crippen molar-refractivity contribution >= 4 is 26.6 Å². The van der Waals surface area contributed by atoms with Gasteiger partial charge in [0, 0.05) is 0 Å². The summed E-state index contributed by atoms with van der Waals surface area (Å²) >= 11 is 0.755. The average Bonchev–Trinajstić information content (AvgIpc) is 2.49. The average molecular weight is 309 g/mol. The molecule has 0 fully saturated rings. The fourth-order valence-electron chi connectivity index (χ4n) is 1.92. The molecule has 116 valence electrons. The van der Waals surface area contributed by atoms with Crippen LogP contribution in [0.3, 0.4) is 0 Å². The minimum absolute atomic E-state index is 0.755. The van der Waals surface area contributed by atoms with E-state index in [-0.39, 0.29) is 0 Å². The van der Waals surface area contributed by atoms with Crippen molar-refractivity contribution in [3.63, 3.8) is 0 Å². The van der Waals surface area contributed by atoms with Crippen LogP contribution in [0.25, 0.3) is 5.32 Å². The quantitative estimate of drug-likeness (QED) is 0.517. The van der Waals surface area contributed by atoms with Crippen LogP contribution >= 0.6 is 0 Å². The van der Waals surface area contributed by atoms with Crippen LogP contribution < -0.4 is 0 Å². The molecule has 0 saturated heterocycles. The topological polar surface area (TPSA) is 14.1 Å². The molecule has 0 aliphatic carbocycles. The number of nitrogens with zero attached hydrogens (tertiary/aromatic N) is 1. The Hall–Kier alpha value is -1.23. The summed E-state index contributed by atoms with van der Waals surface area (Å²) in [6.45, 7) is 9.25. The van der Waals surface area contributed by atoms with E-state index in [1.54, 1.807) is 0 Å². The molecule has 0 unspecified atom stereocenters. The van der Waals surface area contributed by atoms with Crippen LogP contribution in [0, 0.1) is 11.8 Å². The van der Waals surface area contributed by atoms with Gasteiger partial charge in [0.05, 0.1) is 0 Å². The summed E-state index contributed by atoms with van der Waals surface area (Å²) in [5.74, 6) is 1.86. The molecule has 2 aromatic carbocycles. The van der Waals surface area contributed by atoms with E-state index in [0.29, 0.717) is 0 Å². The molecule has 2 rings (SSSR count). The van der Waals surface area contributed by atoms with Gasteiger partial charge in [-0.3, -0.25) is 0 Å². The van der Waals surface area contributed by atoms with Gasteiger partial charge in [-0.2, -0.15) is 0 Å². The molecular formula is C20H28AlN. The predicted octanol–water partition coefficient (Wildman–Crippen LogP) is 6.86. The summed E-state index contributed by atoms with van der Waals surface area (Å²) in [6.07, 6.45) is 0. The van der Waals surface area contributed by atoms with Crippen molar-refractivity contribution in [2.45, 2.75) is 38.3 Å². The van der Waals surface area contributed by atoms with Crippen LogP contribution in [0.4, 0.5) is 11.4 Å². The maximum atomic E-state index is 4.44. The molecule has 2 heteroatoms. The Kier molecular flexibility index (Phi) is 9.71. The maximum Gasteiger partial charge on any atom is -0.0624 e. The van der Waals surface area contributed by atoms with E-state index < -0.39 is 0 Å². The van der Waals surface area contributed by atoms with E-state index >= 15 is 0 Å². The van der Waals surface area contributed by atoms with Crippen molar-refractivity contribution in [3.8, 4) is 0 Å². The number of hydrogen-bond acceptors (Lipinski definition) is 0. The zero-order valence-electron chi connectivity index (χ0n) is 14.4. The predicted molar refractivity (Wildman–Crippen MR) is 101 cm³/mol. The molecule has 2 aromatic rings. The molecular weight excluding hydrogens is 281 g/mol. The van der Waals surface area contributed by atoms with Crippen LogP contribution in [0.15, 0.2) is 60.7 Å². The third kappa shape index (κ3) is 9.66. The van der Waals surface area contributed by atoms with Crippen molar-refractivity contribution < 1.29 is 0 Å². The van der Waals surface area contributed by atoms with Gasteiger partial charge in [0.2, 0.25) is 0 Å². The first-order valence-electron chi connectivity index (χ1n) is 8.21. The van der Waals surface area contributed by atoms with Crippen LogP contribution in [-0.2, 0) is 0 Å². The van der Waals surface area contributed by atoms with E-state index in [1.165, 1.54) is 10.6 Å². The Morgan fingerprint density at radius 3 is 1.36 bits per heavy atom. The zero-order valence-corrected chi connectivity index (χ0v) is 15.5. The number of rotatable bonds is 6. The molecule has 0 aliphatic rings. The third-order valence-electron chi connectivity index (χ3n) is 3.05. The molecule has 0 bridgehead atoms. The SMILES string of the molecule is CC(C)[CH2][Al+][CH2]C(C)C.c1ccc([N-]c2ccccc2)cc1. The van der Waals surface area contributed by atoms with Crippen LogP contribution in [0.1, 0.15) is 27.7 Å². The Morgan fingerprint density at radius 1 is 0.682 bits per heavy atom. The van der Waals surface area contributed by atoms with Gasteiger partial charge < -0.3 is 5.32 Å². The number of benzene rings is 2. The first-order valence-corrected chi connectivity index (χ1v) is 9.84. The molecule has 0 N–H and O–H groups in total. The first-order chi connectivity index (χ1) is 10.6. The van der Waals surface area contributed by atoms with Crippen molar-refractivity contribution in [1.29, 1.82) is 0 Å². The molecule has 0 saturated carbocycles. The Labute approximate surface area is 142 Å². The van der Waals surface area contributed by atoms with Gasteiger partial charge in [-0.25, -0.2) is 0 Å². The second kappa shape index (κ2) is 11.4. The van der Waals surface area contributed by atoms with Crippen LogP contribution in [-0.4, -0.2) is 15.2 Å². The molecule has 0 atom stereocenters. The van der Waals surface area contributed by atoms with Crippen LogP contribution in [0.5, 0.6) is 0 Å². The van der Waals surface area contributed by atoms with Gasteiger partial charge in [0.25, 0.3) is 0 Å². The summed E-state index contributed by atoms with van der Waals surface area (Å²) < 4.78 is 0. The molecule has 0 spiro atoms. The normalized spacial score (nSPS) is 9.91. The van der Waals surface area contributed by atoms with Crippen molar-refractivity contribution in [2.24, 2.45) is 11.8 Å². The molecule has 0 aromatic heterocycles. The van der Waals surface area contributed by atoms with Crippen molar-refractivity contribution in [3.05, 3.63) is 66.0 Å². The van der Waals surface area contributed by atoms with Crippen molar-refractivity contribution in [1.82, 2.24) is 0 Å². The Morgan fingerprint density at radius 2 is 1.05 bits per heavy atom. The minimum Gasteiger partial charge on any atom is -0.658 e. The van der Waals surface area contributed by atoms with E-state index in [9.17, 15) is 0 Å². The standard InChI is InChI=1S/C12H10N.2C4H9.Al/c1-3-7-11(8-4-1)13-12-9-5-2-6-10-12;2*1-4(2)3;/h1-10H;2*4H,1H2,2-3H3;/q-1;;;+1. The summed E-state index contributed by atoms with van der Waals surface area (Å²) in [5, 5.41) is 7.41. The summed E-state index contributed by atoms with van der Waals surface area (Å²) in [7, 11) is 0. The summed E-state index contributed by atoms with van der Waals surface area (Å²) in [5.41, 5.74) is 1.99. The fourth-order valence-corrected chi connectivity index (χ4v) is 3.44. The van der Waals surface area contributed by atoms with E-state index in [1.807, 2.05) is 60.7 Å². The Bertz CT molecular complexity index is 434. The molecule has 0 aliphatic heterocycles. The van der Waals surface area contributed by atoms with Crippen molar-refractivity contribution in [2.75, 3.05) is 0 Å². The largest absolute Gasteiger partial charge is 0.658 e. The first kappa shape index (κ1) is 18.8. The molecule has 0 heterocycles. The monoisotopic (exact) mass is 309 g/mol. The van der Waals surface area contributed by atoms with Gasteiger partial charge in [0.1, 0.15) is 0 Å². The second-order valence-electron chi connectivity index (χ2n) is 6.33. The van der Waals surface area contributed by atoms with E-state index in [2.05, 4.69) is 33.0 Å². The zero-order chi connectivity index (χ0) is 16.2. The second-order valence-corrected chi connectivity index (χ2v) is 7.85. The van der Waals surface area contributed by atoms with Gasteiger partial charge in [-0.1, -0.05) is 60.7 Å². The van der Waals surface area contributed by atoms with Gasteiger partial charge >= 0.3 is 65.3 Å². The Balaban J connectivity index is 0.000000239. The number of para-hydroxylation sites is 2. The van der Waals surface area contributed by atoms with E-state index in [0.717, 1.165) is 38.4 Å². The molecule has 1 nitrogen and oxygen atoms in total. The van der Waals surface area contributed by atoms with Crippen LogP contribution in [0.2, 0.25) is 10.6 Å². The summed E-state index contributed by atoms with van der Waals surface area (Å²) in [6, 6.07) is 19.9. The fraction of sp³-hybridized carbons (Fsp3) is 0.400. The number of hydrogen-bond donors (Lipinski definition) is 0. The van der Waals surface area contributed by atoms with E-state index in [4.69, 9.17) is 0 Å². The molecule has 22 heavy (non-hydrogen) atoms. The molecule has 0 radical (unpaired) electrons. The smallest absolute Gasteiger partial charge is 0.0624 e. The minimum atomic E-state index is 0.755. The van der Waals surface area contributed by atoms with Gasteiger partial charge in [0.15, 0.2) is 0 Å². The maximum absolute atomic E-state index is 4.44. The van der Waals surface area contributed by atoms with Gasteiger partial charge in [-0.05, 0) is 0 Å².